The van der Waals surface area contributed by atoms with Crippen molar-refractivity contribution < 1.29 is 19.1 Å². The van der Waals surface area contributed by atoms with E-state index >= 15 is 0 Å². The Morgan fingerprint density at radius 3 is 2.50 bits per heavy atom. The van der Waals surface area contributed by atoms with Gasteiger partial charge in [-0.1, -0.05) is 0 Å². The molecule has 0 fully saturated rings. The third-order valence-electron chi connectivity index (χ3n) is 3.29. The zero-order chi connectivity index (χ0) is 16.5. The minimum Gasteiger partial charge on any atom is -0.463 e. The number of hydrogen-bond donors (Lipinski definition) is 0. The molecule has 7 nitrogen and oxygen atoms in total. The van der Waals surface area contributed by atoms with Gasteiger partial charge in [0.05, 0.1) is 19.3 Å². The third kappa shape index (κ3) is 3.52. The second kappa shape index (κ2) is 5.90. The Morgan fingerprint density at radius 1 is 1.23 bits per heavy atom. The average Bonchev–Trinajstić information content (AvgIpc) is 2.43. The van der Waals surface area contributed by atoms with Gasteiger partial charge in [0.15, 0.2) is 0 Å². The molecule has 1 aromatic heterocycles. The number of nitrogens with zero attached hydrogens (tertiary/aromatic N) is 3. The Bertz CT molecular complexity index is 608. The van der Waals surface area contributed by atoms with Crippen LogP contribution >= 0.6 is 0 Å². The SMILES string of the molecule is COC(=O)c1nc(C)c2c(n1)CN(C(=O)OC(C)(C)C)CC2. The highest BCUT2D eigenvalue weighted by molar-refractivity contribution is 5.85. The van der Waals surface area contributed by atoms with Crippen LogP contribution in [0.25, 0.3) is 0 Å². The van der Waals surface area contributed by atoms with Gasteiger partial charge in [-0.15, -0.1) is 0 Å². The van der Waals surface area contributed by atoms with Gasteiger partial charge in [0.2, 0.25) is 5.82 Å². The first kappa shape index (κ1) is 16.2. The van der Waals surface area contributed by atoms with Crippen LogP contribution in [-0.2, 0) is 22.4 Å². The highest BCUT2D eigenvalue weighted by atomic mass is 16.6. The van der Waals surface area contributed by atoms with Crippen LogP contribution in [-0.4, -0.2) is 46.2 Å². The lowest BCUT2D eigenvalue weighted by Crippen LogP contribution is -2.40. The van der Waals surface area contributed by atoms with Crippen LogP contribution in [0.3, 0.4) is 0 Å². The summed E-state index contributed by atoms with van der Waals surface area (Å²) in [5.41, 5.74) is 1.85. The number of methoxy groups -OCH3 is 1. The van der Waals surface area contributed by atoms with Gasteiger partial charge in [-0.2, -0.15) is 0 Å². The summed E-state index contributed by atoms with van der Waals surface area (Å²) < 4.78 is 10.0. The first-order valence-corrected chi connectivity index (χ1v) is 7.14. The van der Waals surface area contributed by atoms with Crippen molar-refractivity contribution >= 4 is 12.1 Å². The maximum absolute atomic E-state index is 12.2. The first-order chi connectivity index (χ1) is 10.2. The number of aromatic nitrogens is 2. The Balaban J connectivity index is 2.23. The highest BCUT2D eigenvalue weighted by Gasteiger charge is 2.28. The van der Waals surface area contributed by atoms with Crippen molar-refractivity contribution in [2.45, 2.75) is 46.3 Å². The molecule has 0 atom stereocenters. The smallest absolute Gasteiger partial charge is 0.410 e. The van der Waals surface area contributed by atoms with Gasteiger partial charge in [0.25, 0.3) is 0 Å². The van der Waals surface area contributed by atoms with E-state index in [9.17, 15) is 9.59 Å². The number of rotatable bonds is 1. The van der Waals surface area contributed by atoms with Gasteiger partial charge in [0.1, 0.15) is 5.60 Å². The molecular weight excluding hydrogens is 286 g/mol. The number of carbonyl (C=O) groups is 2. The van der Waals surface area contributed by atoms with Crippen molar-refractivity contribution in [3.05, 3.63) is 22.8 Å². The van der Waals surface area contributed by atoms with E-state index in [2.05, 4.69) is 14.7 Å². The van der Waals surface area contributed by atoms with E-state index < -0.39 is 11.6 Å². The summed E-state index contributed by atoms with van der Waals surface area (Å²) in [6.07, 6.45) is 0.260. The third-order valence-corrected chi connectivity index (χ3v) is 3.29. The molecule has 0 saturated carbocycles. The van der Waals surface area contributed by atoms with Crippen molar-refractivity contribution in [1.82, 2.24) is 14.9 Å². The van der Waals surface area contributed by atoms with E-state index in [-0.39, 0.29) is 11.9 Å². The molecule has 7 heteroatoms. The van der Waals surface area contributed by atoms with Gasteiger partial charge in [-0.25, -0.2) is 19.6 Å². The molecule has 2 rings (SSSR count). The quantitative estimate of drug-likeness (QED) is 0.737. The normalized spacial score (nSPS) is 14.3. The van der Waals surface area contributed by atoms with Crippen molar-refractivity contribution in [2.24, 2.45) is 0 Å². The molecule has 1 aromatic rings. The Hall–Kier alpha value is -2.18. The fourth-order valence-electron chi connectivity index (χ4n) is 2.28. The second-order valence-corrected chi connectivity index (χ2v) is 6.20. The van der Waals surface area contributed by atoms with Gasteiger partial charge in [0, 0.05) is 12.2 Å². The van der Waals surface area contributed by atoms with Gasteiger partial charge >= 0.3 is 12.1 Å². The predicted octanol–water partition coefficient (Wildman–Crippen LogP) is 1.86. The Kier molecular flexibility index (Phi) is 4.35. The van der Waals surface area contributed by atoms with E-state index in [1.807, 2.05) is 27.7 Å². The van der Waals surface area contributed by atoms with Gasteiger partial charge < -0.3 is 14.4 Å². The summed E-state index contributed by atoms with van der Waals surface area (Å²) >= 11 is 0. The van der Waals surface area contributed by atoms with Crippen molar-refractivity contribution in [3.8, 4) is 0 Å². The standard InChI is InChI=1S/C15H21N3O4/c1-9-10-6-7-18(14(20)22-15(2,3)4)8-11(10)17-12(16-9)13(19)21-5/h6-8H2,1-5H3. The average molecular weight is 307 g/mol. The van der Waals surface area contributed by atoms with Crippen LogP contribution in [0, 0.1) is 6.92 Å². The van der Waals surface area contributed by atoms with E-state index in [0.717, 1.165) is 11.3 Å². The fourth-order valence-corrected chi connectivity index (χ4v) is 2.28. The van der Waals surface area contributed by atoms with Crippen LogP contribution in [0.2, 0.25) is 0 Å². The lowest BCUT2D eigenvalue weighted by Gasteiger charge is -2.31. The largest absolute Gasteiger partial charge is 0.463 e. The Labute approximate surface area is 129 Å². The Morgan fingerprint density at radius 2 is 1.91 bits per heavy atom. The summed E-state index contributed by atoms with van der Waals surface area (Å²) in [5.74, 6) is -0.565. The van der Waals surface area contributed by atoms with Crippen molar-refractivity contribution in [3.63, 3.8) is 0 Å². The molecule has 0 bridgehead atoms. The van der Waals surface area contributed by atoms with Gasteiger partial charge in [-0.05, 0) is 39.7 Å². The summed E-state index contributed by atoms with van der Waals surface area (Å²) in [6, 6.07) is 0. The molecule has 0 N–H and O–H groups in total. The molecule has 0 spiro atoms. The molecule has 0 saturated heterocycles. The van der Waals surface area contributed by atoms with Crippen LogP contribution < -0.4 is 0 Å². The van der Waals surface area contributed by atoms with E-state index in [4.69, 9.17) is 4.74 Å². The summed E-state index contributed by atoms with van der Waals surface area (Å²) in [4.78, 5) is 33.7. The lowest BCUT2D eigenvalue weighted by molar-refractivity contribution is 0.0220. The summed E-state index contributed by atoms with van der Waals surface area (Å²) in [7, 11) is 1.29. The maximum Gasteiger partial charge on any atom is 0.410 e. The van der Waals surface area contributed by atoms with Crippen LogP contribution in [0.5, 0.6) is 0 Å². The zero-order valence-corrected chi connectivity index (χ0v) is 13.6. The predicted molar refractivity (Wildman–Crippen MR) is 78.5 cm³/mol. The van der Waals surface area contributed by atoms with E-state index in [1.165, 1.54) is 7.11 Å². The van der Waals surface area contributed by atoms with E-state index in [0.29, 0.717) is 25.2 Å². The monoisotopic (exact) mass is 307 g/mol. The molecule has 1 aliphatic heterocycles. The highest BCUT2D eigenvalue weighted by Crippen LogP contribution is 2.21. The topological polar surface area (TPSA) is 81.6 Å². The second-order valence-electron chi connectivity index (χ2n) is 6.20. The lowest BCUT2D eigenvalue weighted by atomic mass is 10.0. The van der Waals surface area contributed by atoms with Gasteiger partial charge in [-0.3, -0.25) is 0 Å². The summed E-state index contributed by atoms with van der Waals surface area (Å²) in [6.45, 7) is 8.15. The molecule has 1 amide bonds. The zero-order valence-electron chi connectivity index (χ0n) is 13.6. The van der Waals surface area contributed by atoms with Crippen molar-refractivity contribution in [2.75, 3.05) is 13.7 Å². The summed E-state index contributed by atoms with van der Waals surface area (Å²) in [5, 5.41) is 0. The number of ether oxygens (including phenoxy) is 2. The van der Waals surface area contributed by atoms with Crippen LogP contribution in [0.4, 0.5) is 4.79 Å². The first-order valence-electron chi connectivity index (χ1n) is 7.14. The number of esters is 1. The maximum atomic E-state index is 12.2. The molecule has 0 aromatic carbocycles. The number of fused-ring (bicyclic) bond motifs is 1. The molecule has 120 valence electrons. The van der Waals surface area contributed by atoms with Crippen molar-refractivity contribution in [1.29, 1.82) is 0 Å². The molecule has 1 aliphatic rings. The van der Waals surface area contributed by atoms with E-state index in [1.54, 1.807) is 4.90 Å². The van der Waals surface area contributed by atoms with Crippen LogP contribution in [0.15, 0.2) is 0 Å². The minimum absolute atomic E-state index is 0.0183. The molecular formula is C15H21N3O4. The molecule has 0 unspecified atom stereocenters. The minimum atomic E-state index is -0.583. The number of aryl methyl sites for hydroxylation is 1. The van der Waals surface area contributed by atoms with Crippen LogP contribution in [0.1, 0.15) is 48.3 Å². The molecule has 0 aliphatic carbocycles. The molecule has 0 radical (unpaired) electrons. The number of carbonyl (C=O) groups excluding carboxylic acids is 2. The molecule has 22 heavy (non-hydrogen) atoms. The molecule has 2 heterocycles. The number of hydrogen-bond acceptors (Lipinski definition) is 6. The number of amides is 1. The fraction of sp³-hybridized carbons (Fsp3) is 0.600.